The summed E-state index contributed by atoms with van der Waals surface area (Å²) in [5.74, 6) is -1.40. The molecule has 0 unspecified atom stereocenters. The Kier molecular flexibility index (Phi) is 6.85. The maximum Gasteiger partial charge on any atom is 0.335 e. The lowest BCUT2D eigenvalue weighted by molar-refractivity contribution is 0.0697. The van der Waals surface area contributed by atoms with Crippen molar-refractivity contribution in [3.05, 3.63) is 95.0 Å². The zero-order valence-corrected chi connectivity index (χ0v) is 21.2. The number of carboxylic acids is 1. The maximum atomic E-state index is 11.4. The topological polar surface area (TPSA) is 118 Å². The molecule has 0 aliphatic carbocycles. The lowest BCUT2D eigenvalue weighted by Crippen LogP contribution is -1.95. The van der Waals surface area contributed by atoms with Gasteiger partial charge in [-0.1, -0.05) is 73.5 Å². The number of rotatable bonds is 7. The van der Waals surface area contributed by atoms with Gasteiger partial charge in [-0.05, 0) is 53.4 Å². The number of aryl methyl sites for hydroxylation is 1. The minimum Gasteiger partial charge on any atom is -0.505 e. The monoisotopic (exact) mass is 525 g/mol. The molecule has 0 radical (unpaired) electrons. The smallest absolute Gasteiger partial charge is 0.335 e. The summed E-state index contributed by atoms with van der Waals surface area (Å²) in [6.45, 7) is 2.14. The zero-order chi connectivity index (χ0) is 26.8. The molecule has 0 saturated heterocycles. The Hall–Kier alpha value is -4.62. The number of H-pyrrole nitrogens is 1. The van der Waals surface area contributed by atoms with Crippen molar-refractivity contribution >= 4 is 39.8 Å². The number of hydrogen-bond acceptors (Lipinski definition) is 5. The normalized spacial score (nSPS) is 11.4. The number of carboxylic acid groups (broad SMARTS) is 1. The molecule has 5 rings (SSSR count). The Labute approximate surface area is 223 Å². The highest BCUT2D eigenvalue weighted by Crippen LogP contribution is 2.44. The van der Waals surface area contributed by atoms with Crippen LogP contribution >= 0.6 is 11.6 Å². The molecule has 38 heavy (non-hydrogen) atoms. The number of benzene rings is 4. The number of nitrogens with zero attached hydrogens (tertiary/aromatic N) is 2. The fourth-order valence-electron chi connectivity index (χ4n) is 4.49. The molecule has 0 amide bonds. The number of aromatic carboxylic acids is 1. The Balaban J connectivity index is 1.54. The van der Waals surface area contributed by atoms with Gasteiger partial charge in [-0.25, -0.2) is 4.79 Å². The van der Waals surface area contributed by atoms with E-state index in [0.29, 0.717) is 27.1 Å². The summed E-state index contributed by atoms with van der Waals surface area (Å²) in [4.78, 5) is 14.3. The minimum atomic E-state index is -1.06. The van der Waals surface area contributed by atoms with E-state index >= 15 is 0 Å². The van der Waals surface area contributed by atoms with E-state index < -0.39 is 5.97 Å². The number of para-hydroxylation sites is 1. The van der Waals surface area contributed by atoms with Crippen LogP contribution in [0.15, 0.2) is 89.1 Å². The molecule has 190 valence electrons. The first-order valence-electron chi connectivity index (χ1n) is 12.1. The van der Waals surface area contributed by atoms with E-state index in [1.165, 1.54) is 17.7 Å². The quantitative estimate of drug-likeness (QED) is 0.159. The fourth-order valence-corrected chi connectivity index (χ4v) is 4.75. The van der Waals surface area contributed by atoms with Crippen LogP contribution in [0.2, 0.25) is 5.02 Å². The van der Waals surface area contributed by atoms with Gasteiger partial charge in [-0.15, -0.1) is 10.2 Å². The lowest BCUT2D eigenvalue weighted by Gasteiger charge is -2.08. The molecular formula is C30H24ClN3O4. The van der Waals surface area contributed by atoms with E-state index in [9.17, 15) is 20.1 Å². The van der Waals surface area contributed by atoms with E-state index in [4.69, 9.17) is 11.6 Å². The summed E-state index contributed by atoms with van der Waals surface area (Å²) >= 11 is 6.57. The van der Waals surface area contributed by atoms with Crippen LogP contribution in [-0.2, 0) is 6.42 Å². The molecule has 7 nitrogen and oxygen atoms in total. The molecule has 0 saturated carbocycles. The van der Waals surface area contributed by atoms with E-state index in [2.05, 4.69) is 34.3 Å². The number of aromatic amines is 1. The Bertz CT molecular complexity index is 1690. The molecule has 4 aromatic carbocycles. The van der Waals surface area contributed by atoms with Crippen molar-refractivity contribution in [2.45, 2.75) is 19.8 Å². The van der Waals surface area contributed by atoms with Crippen molar-refractivity contribution in [2.24, 2.45) is 10.2 Å². The molecule has 5 aromatic rings. The van der Waals surface area contributed by atoms with Crippen molar-refractivity contribution in [1.82, 2.24) is 4.98 Å². The average molecular weight is 526 g/mol. The highest BCUT2D eigenvalue weighted by molar-refractivity contribution is 6.35. The second-order valence-electron chi connectivity index (χ2n) is 8.87. The number of halogens is 1. The van der Waals surface area contributed by atoms with Gasteiger partial charge in [0, 0.05) is 16.5 Å². The van der Waals surface area contributed by atoms with Crippen molar-refractivity contribution in [3.8, 4) is 33.9 Å². The van der Waals surface area contributed by atoms with E-state index in [1.807, 2.05) is 12.1 Å². The summed E-state index contributed by atoms with van der Waals surface area (Å²) in [6, 6.07) is 22.9. The number of phenolic OH excluding ortho intramolecular Hbond substituents is 1. The third kappa shape index (κ3) is 4.71. The van der Waals surface area contributed by atoms with Crippen molar-refractivity contribution in [3.63, 3.8) is 0 Å². The molecule has 0 aliphatic rings. The van der Waals surface area contributed by atoms with E-state index in [-0.39, 0.29) is 28.6 Å². The molecule has 0 bridgehead atoms. The number of aromatic hydroxyl groups is 2. The highest BCUT2D eigenvalue weighted by atomic mass is 35.5. The zero-order valence-electron chi connectivity index (χ0n) is 20.4. The molecule has 8 heteroatoms. The second-order valence-corrected chi connectivity index (χ2v) is 9.28. The SMILES string of the molecule is CCCc1ccc(-c2c(Cl)ccc3c(N=Nc4cccc(-c5cccc(C(=O)O)c5)c4O)c(O)[nH]c23)cc1. The number of hydrogen-bond donors (Lipinski definition) is 4. The van der Waals surface area contributed by atoms with Crippen LogP contribution < -0.4 is 0 Å². The first-order chi connectivity index (χ1) is 18.4. The van der Waals surface area contributed by atoms with Gasteiger partial charge in [0.15, 0.2) is 11.4 Å². The Morgan fingerprint density at radius 2 is 1.68 bits per heavy atom. The predicted molar refractivity (Wildman–Crippen MR) is 149 cm³/mol. The van der Waals surface area contributed by atoms with Gasteiger partial charge in [0.2, 0.25) is 5.88 Å². The van der Waals surface area contributed by atoms with Crippen LogP contribution in [-0.4, -0.2) is 26.3 Å². The first kappa shape index (κ1) is 25.0. The summed E-state index contributed by atoms with van der Waals surface area (Å²) < 4.78 is 0. The van der Waals surface area contributed by atoms with Gasteiger partial charge < -0.3 is 20.3 Å². The Morgan fingerprint density at radius 1 is 0.921 bits per heavy atom. The average Bonchev–Trinajstić information content (AvgIpc) is 3.23. The molecule has 1 heterocycles. The van der Waals surface area contributed by atoms with Crippen LogP contribution in [0.3, 0.4) is 0 Å². The van der Waals surface area contributed by atoms with E-state index in [1.54, 1.807) is 42.5 Å². The molecular weight excluding hydrogens is 502 g/mol. The van der Waals surface area contributed by atoms with Crippen LogP contribution in [0.25, 0.3) is 33.2 Å². The van der Waals surface area contributed by atoms with Gasteiger partial charge in [0.05, 0.1) is 16.1 Å². The molecule has 0 aliphatic heterocycles. The largest absolute Gasteiger partial charge is 0.505 e. The number of azo groups is 1. The summed E-state index contributed by atoms with van der Waals surface area (Å²) in [7, 11) is 0. The first-order valence-corrected chi connectivity index (χ1v) is 12.4. The van der Waals surface area contributed by atoms with Gasteiger partial charge in [0.1, 0.15) is 5.69 Å². The van der Waals surface area contributed by atoms with Crippen molar-refractivity contribution in [2.75, 3.05) is 0 Å². The minimum absolute atomic E-state index is 0.104. The van der Waals surface area contributed by atoms with Crippen molar-refractivity contribution < 1.29 is 20.1 Å². The number of aromatic nitrogens is 1. The maximum absolute atomic E-state index is 11.4. The van der Waals surface area contributed by atoms with E-state index in [0.717, 1.165) is 24.0 Å². The number of nitrogens with one attached hydrogen (secondary N) is 1. The second kappa shape index (κ2) is 10.4. The third-order valence-corrected chi connectivity index (χ3v) is 6.67. The van der Waals surface area contributed by atoms with Gasteiger partial charge in [0.25, 0.3) is 0 Å². The molecule has 4 N–H and O–H groups in total. The predicted octanol–water partition coefficient (Wildman–Crippen LogP) is 8.63. The summed E-state index contributed by atoms with van der Waals surface area (Å²) in [6.07, 6.45) is 2.05. The van der Waals surface area contributed by atoms with Crippen LogP contribution in [0, 0.1) is 0 Å². The van der Waals surface area contributed by atoms with Gasteiger partial charge in [-0.3, -0.25) is 0 Å². The fraction of sp³-hybridized carbons (Fsp3) is 0.100. The van der Waals surface area contributed by atoms with Crippen LogP contribution in [0.4, 0.5) is 11.4 Å². The highest BCUT2D eigenvalue weighted by Gasteiger charge is 2.18. The van der Waals surface area contributed by atoms with Crippen LogP contribution in [0.1, 0.15) is 29.3 Å². The van der Waals surface area contributed by atoms with Gasteiger partial charge >= 0.3 is 5.97 Å². The molecule has 0 atom stereocenters. The third-order valence-electron chi connectivity index (χ3n) is 6.35. The summed E-state index contributed by atoms with van der Waals surface area (Å²) in [5.41, 5.74) is 4.91. The standard InChI is InChI=1S/C30H24ClN3O4/c1-2-5-17-10-12-18(13-11-17)25-23(31)15-14-22-26(25)32-29(36)27(22)34-33-24-9-4-8-21(28(24)35)19-6-3-7-20(16-19)30(37)38/h3-4,6-16,32,35-36H,2,5H2,1H3,(H,37,38). The molecule has 0 fully saturated rings. The number of fused-ring (bicyclic) bond motifs is 1. The van der Waals surface area contributed by atoms with Crippen molar-refractivity contribution in [1.29, 1.82) is 0 Å². The van der Waals surface area contributed by atoms with Crippen LogP contribution in [0.5, 0.6) is 11.6 Å². The number of carbonyl (C=O) groups is 1. The molecule has 1 aromatic heterocycles. The molecule has 0 spiro atoms. The lowest BCUT2D eigenvalue weighted by atomic mass is 10.00. The number of phenols is 1. The summed E-state index contributed by atoms with van der Waals surface area (Å²) in [5, 5.41) is 40.5. The Morgan fingerprint density at radius 3 is 2.42 bits per heavy atom. The van der Waals surface area contributed by atoms with Gasteiger partial charge in [-0.2, -0.15) is 0 Å².